The second-order valence-corrected chi connectivity index (χ2v) is 3.86. The minimum Gasteiger partial charge on any atom is -0.378 e. The van der Waals surface area contributed by atoms with Crippen molar-refractivity contribution in [2.45, 2.75) is 20.0 Å². The molecule has 1 aromatic heterocycles. The predicted molar refractivity (Wildman–Crippen MR) is 68.3 cm³/mol. The number of anilines is 1. The molecule has 0 atom stereocenters. The standard InChI is InChI=1S/C12H14N4O2/c1-2-15-9-11(8-14-15)13-7-10-3-5-12(6-4-10)16(17)18/h3-6,8-9,13H,2,7H2,1H3. The molecule has 1 heterocycles. The molecule has 0 aliphatic carbocycles. The van der Waals surface area contributed by atoms with E-state index in [4.69, 9.17) is 0 Å². The topological polar surface area (TPSA) is 73.0 Å². The molecular formula is C12H14N4O2. The van der Waals surface area contributed by atoms with Crippen molar-refractivity contribution < 1.29 is 4.92 Å². The number of rotatable bonds is 5. The largest absolute Gasteiger partial charge is 0.378 e. The minimum absolute atomic E-state index is 0.109. The summed E-state index contributed by atoms with van der Waals surface area (Å²) in [5.74, 6) is 0. The van der Waals surface area contributed by atoms with E-state index in [1.165, 1.54) is 12.1 Å². The summed E-state index contributed by atoms with van der Waals surface area (Å²) in [7, 11) is 0. The van der Waals surface area contributed by atoms with Gasteiger partial charge in [0.05, 0.1) is 16.8 Å². The Bertz CT molecular complexity index is 533. The summed E-state index contributed by atoms with van der Waals surface area (Å²) in [6.07, 6.45) is 3.68. The van der Waals surface area contributed by atoms with Gasteiger partial charge in [0, 0.05) is 31.4 Å². The van der Waals surface area contributed by atoms with Crippen LogP contribution in [0.4, 0.5) is 11.4 Å². The molecule has 2 aromatic rings. The van der Waals surface area contributed by atoms with E-state index in [1.807, 2.05) is 17.8 Å². The van der Waals surface area contributed by atoms with Crippen molar-refractivity contribution in [3.8, 4) is 0 Å². The third-order valence-corrected chi connectivity index (χ3v) is 2.60. The van der Waals surface area contributed by atoms with E-state index in [0.29, 0.717) is 6.54 Å². The molecule has 1 aromatic carbocycles. The van der Waals surface area contributed by atoms with Crippen molar-refractivity contribution in [2.75, 3.05) is 5.32 Å². The number of nitro groups is 1. The van der Waals surface area contributed by atoms with Crippen molar-refractivity contribution in [1.29, 1.82) is 0 Å². The Morgan fingerprint density at radius 2 is 2.11 bits per heavy atom. The van der Waals surface area contributed by atoms with Crippen LogP contribution < -0.4 is 5.32 Å². The number of non-ortho nitro benzene ring substituents is 1. The summed E-state index contributed by atoms with van der Waals surface area (Å²) in [5, 5.41) is 17.9. The first-order valence-electron chi connectivity index (χ1n) is 5.68. The van der Waals surface area contributed by atoms with E-state index in [1.54, 1.807) is 18.3 Å². The number of benzene rings is 1. The number of aryl methyl sites for hydroxylation is 1. The molecule has 1 N–H and O–H groups in total. The average molecular weight is 246 g/mol. The lowest BCUT2D eigenvalue weighted by molar-refractivity contribution is -0.384. The first kappa shape index (κ1) is 12.1. The van der Waals surface area contributed by atoms with E-state index in [2.05, 4.69) is 10.4 Å². The molecule has 6 heteroatoms. The number of hydrogen-bond donors (Lipinski definition) is 1. The maximum Gasteiger partial charge on any atom is 0.269 e. The van der Waals surface area contributed by atoms with E-state index >= 15 is 0 Å². The molecule has 94 valence electrons. The van der Waals surface area contributed by atoms with Gasteiger partial charge in [0.15, 0.2) is 0 Å². The Balaban J connectivity index is 1.95. The van der Waals surface area contributed by atoms with Crippen molar-refractivity contribution in [2.24, 2.45) is 0 Å². The number of nitrogens with zero attached hydrogens (tertiary/aromatic N) is 3. The zero-order chi connectivity index (χ0) is 13.0. The minimum atomic E-state index is -0.400. The maximum atomic E-state index is 10.5. The van der Waals surface area contributed by atoms with Gasteiger partial charge in [-0.1, -0.05) is 12.1 Å². The van der Waals surface area contributed by atoms with Gasteiger partial charge in [-0.25, -0.2) is 0 Å². The normalized spacial score (nSPS) is 10.3. The van der Waals surface area contributed by atoms with Gasteiger partial charge < -0.3 is 5.32 Å². The highest BCUT2D eigenvalue weighted by Gasteiger charge is 2.04. The van der Waals surface area contributed by atoms with Gasteiger partial charge in [0.1, 0.15) is 0 Å². The average Bonchev–Trinajstić information content (AvgIpc) is 2.85. The van der Waals surface area contributed by atoms with Crippen molar-refractivity contribution in [3.63, 3.8) is 0 Å². The van der Waals surface area contributed by atoms with Crippen LogP contribution in [-0.4, -0.2) is 14.7 Å². The van der Waals surface area contributed by atoms with Gasteiger partial charge >= 0.3 is 0 Å². The summed E-state index contributed by atoms with van der Waals surface area (Å²) in [5.41, 5.74) is 2.04. The Labute approximate surface area is 104 Å². The molecule has 18 heavy (non-hydrogen) atoms. The molecule has 0 saturated heterocycles. The van der Waals surface area contributed by atoms with Gasteiger partial charge in [-0.3, -0.25) is 14.8 Å². The van der Waals surface area contributed by atoms with Gasteiger partial charge in [0.2, 0.25) is 0 Å². The molecule has 0 bridgehead atoms. The van der Waals surface area contributed by atoms with Crippen LogP contribution in [0.15, 0.2) is 36.7 Å². The van der Waals surface area contributed by atoms with Crippen LogP contribution in [0.25, 0.3) is 0 Å². The molecule has 0 amide bonds. The highest BCUT2D eigenvalue weighted by atomic mass is 16.6. The van der Waals surface area contributed by atoms with Crippen LogP contribution in [0.5, 0.6) is 0 Å². The van der Waals surface area contributed by atoms with Gasteiger partial charge in [0.25, 0.3) is 5.69 Å². The Morgan fingerprint density at radius 3 is 2.67 bits per heavy atom. The summed E-state index contributed by atoms with van der Waals surface area (Å²) in [6, 6.07) is 6.50. The first-order chi connectivity index (χ1) is 8.69. The van der Waals surface area contributed by atoms with Crippen LogP contribution in [0.1, 0.15) is 12.5 Å². The third kappa shape index (κ3) is 2.85. The Hall–Kier alpha value is -2.37. The third-order valence-electron chi connectivity index (χ3n) is 2.60. The van der Waals surface area contributed by atoms with Gasteiger partial charge in [-0.05, 0) is 12.5 Å². The van der Waals surface area contributed by atoms with Crippen molar-refractivity contribution in [1.82, 2.24) is 9.78 Å². The van der Waals surface area contributed by atoms with Crippen LogP contribution in [0.2, 0.25) is 0 Å². The summed E-state index contributed by atoms with van der Waals surface area (Å²) < 4.78 is 1.83. The first-order valence-corrected chi connectivity index (χ1v) is 5.68. The van der Waals surface area contributed by atoms with Gasteiger partial charge in [-0.15, -0.1) is 0 Å². The fourth-order valence-corrected chi connectivity index (χ4v) is 1.57. The van der Waals surface area contributed by atoms with E-state index in [9.17, 15) is 10.1 Å². The molecule has 0 fully saturated rings. The summed E-state index contributed by atoms with van der Waals surface area (Å²) >= 11 is 0. The van der Waals surface area contributed by atoms with Crippen molar-refractivity contribution >= 4 is 11.4 Å². The van der Waals surface area contributed by atoms with Crippen LogP contribution in [-0.2, 0) is 13.1 Å². The fourth-order valence-electron chi connectivity index (χ4n) is 1.57. The number of nitro benzene ring substituents is 1. The Kier molecular flexibility index (Phi) is 3.57. The lowest BCUT2D eigenvalue weighted by Crippen LogP contribution is -1.99. The predicted octanol–water partition coefficient (Wildman–Crippen LogP) is 2.42. The van der Waals surface area contributed by atoms with E-state index in [0.717, 1.165) is 17.8 Å². The van der Waals surface area contributed by atoms with Gasteiger partial charge in [-0.2, -0.15) is 5.10 Å². The van der Waals surface area contributed by atoms with Crippen LogP contribution >= 0.6 is 0 Å². The molecule has 0 unspecified atom stereocenters. The van der Waals surface area contributed by atoms with E-state index in [-0.39, 0.29) is 5.69 Å². The molecular weight excluding hydrogens is 232 g/mol. The maximum absolute atomic E-state index is 10.5. The zero-order valence-corrected chi connectivity index (χ0v) is 10.0. The zero-order valence-electron chi connectivity index (χ0n) is 10.0. The molecule has 0 radical (unpaired) electrons. The van der Waals surface area contributed by atoms with Crippen LogP contribution in [0.3, 0.4) is 0 Å². The fraction of sp³-hybridized carbons (Fsp3) is 0.250. The highest BCUT2D eigenvalue weighted by Crippen LogP contribution is 2.13. The summed E-state index contributed by atoms with van der Waals surface area (Å²) in [6.45, 7) is 3.47. The lowest BCUT2D eigenvalue weighted by atomic mass is 10.2. The smallest absolute Gasteiger partial charge is 0.269 e. The SMILES string of the molecule is CCn1cc(NCc2ccc([N+](=O)[O-])cc2)cn1. The summed E-state index contributed by atoms with van der Waals surface area (Å²) in [4.78, 5) is 10.1. The van der Waals surface area contributed by atoms with E-state index < -0.39 is 4.92 Å². The molecule has 0 saturated carbocycles. The molecule has 0 aliphatic heterocycles. The number of hydrogen-bond acceptors (Lipinski definition) is 4. The number of aromatic nitrogens is 2. The molecule has 0 aliphatic rings. The molecule has 2 rings (SSSR count). The number of nitrogens with one attached hydrogen (secondary N) is 1. The second kappa shape index (κ2) is 5.31. The lowest BCUT2D eigenvalue weighted by Gasteiger charge is -2.03. The second-order valence-electron chi connectivity index (χ2n) is 3.86. The molecule has 6 nitrogen and oxygen atoms in total. The Morgan fingerprint density at radius 1 is 1.39 bits per heavy atom. The molecule has 0 spiro atoms. The van der Waals surface area contributed by atoms with Crippen molar-refractivity contribution in [3.05, 3.63) is 52.3 Å². The monoisotopic (exact) mass is 246 g/mol. The van der Waals surface area contributed by atoms with Crippen LogP contribution in [0, 0.1) is 10.1 Å². The quantitative estimate of drug-likeness (QED) is 0.649. The highest BCUT2D eigenvalue weighted by molar-refractivity contribution is 5.40.